The summed E-state index contributed by atoms with van der Waals surface area (Å²) in [5, 5.41) is 19.5. The molecule has 2 aromatic carbocycles. The maximum Gasteiger partial charge on any atom is 0.134 e. The molecular formula is C22H29ClN2O3. The first-order valence-electron chi connectivity index (χ1n) is 9.85. The largest absolute Gasteiger partial charge is 0.506 e. The zero-order valence-corrected chi connectivity index (χ0v) is 17.1. The molecule has 0 radical (unpaired) electrons. The summed E-state index contributed by atoms with van der Waals surface area (Å²) in [6.45, 7) is 7.31. The number of nitrogens with zero attached hydrogens (tertiary/aromatic N) is 2. The number of benzene rings is 2. The molecule has 1 saturated heterocycles. The van der Waals surface area contributed by atoms with Gasteiger partial charge in [0, 0.05) is 45.4 Å². The molecule has 0 bridgehead atoms. The second-order valence-corrected chi connectivity index (χ2v) is 7.64. The molecule has 1 aliphatic heterocycles. The zero-order valence-electron chi connectivity index (χ0n) is 16.4. The van der Waals surface area contributed by atoms with Crippen molar-refractivity contribution in [3.05, 3.63) is 58.6 Å². The Morgan fingerprint density at radius 3 is 2.50 bits per heavy atom. The molecule has 0 amide bonds. The highest BCUT2D eigenvalue weighted by Gasteiger charge is 2.26. The van der Waals surface area contributed by atoms with Crippen molar-refractivity contribution in [2.75, 3.05) is 32.8 Å². The van der Waals surface area contributed by atoms with Gasteiger partial charge in [0.2, 0.25) is 0 Å². The van der Waals surface area contributed by atoms with Crippen LogP contribution in [0.4, 0.5) is 0 Å². The standard InChI is InChI=1S/C22H29ClN2O3/c1-2-28-20-6-3-17(4-7-20)15-25-11-10-24(16-19(25)9-12-26)14-18-5-8-22(27)21(23)13-18/h3-8,13,19,26-27H,2,9-12,14-16H2,1H3/t19-/m1/s1. The summed E-state index contributed by atoms with van der Waals surface area (Å²) in [6.07, 6.45) is 0.754. The van der Waals surface area contributed by atoms with Crippen LogP contribution >= 0.6 is 11.6 Å². The Labute approximate surface area is 172 Å². The molecule has 28 heavy (non-hydrogen) atoms. The number of hydrogen-bond acceptors (Lipinski definition) is 5. The summed E-state index contributed by atoms with van der Waals surface area (Å²) < 4.78 is 5.52. The highest BCUT2D eigenvalue weighted by Crippen LogP contribution is 2.25. The molecule has 152 valence electrons. The number of aliphatic hydroxyl groups excluding tert-OH is 1. The lowest BCUT2D eigenvalue weighted by Gasteiger charge is -2.41. The number of phenols is 1. The lowest BCUT2D eigenvalue weighted by Crippen LogP contribution is -2.52. The third-order valence-corrected chi connectivity index (χ3v) is 5.49. The Morgan fingerprint density at radius 2 is 1.82 bits per heavy atom. The number of ether oxygens (including phenoxy) is 1. The van der Waals surface area contributed by atoms with E-state index in [0.717, 1.165) is 50.5 Å². The van der Waals surface area contributed by atoms with Crippen molar-refractivity contribution in [3.8, 4) is 11.5 Å². The molecule has 0 aromatic heterocycles. The first kappa shape index (κ1) is 20.9. The average Bonchev–Trinajstić information content (AvgIpc) is 2.69. The van der Waals surface area contributed by atoms with Crippen LogP contribution in [0.2, 0.25) is 5.02 Å². The third-order valence-electron chi connectivity index (χ3n) is 5.19. The summed E-state index contributed by atoms with van der Waals surface area (Å²) in [5.74, 6) is 1.01. The molecule has 0 spiro atoms. The molecule has 1 heterocycles. The Kier molecular flexibility index (Phi) is 7.57. The fraction of sp³-hybridized carbons (Fsp3) is 0.455. The van der Waals surface area contributed by atoms with Gasteiger partial charge in [0.05, 0.1) is 11.6 Å². The van der Waals surface area contributed by atoms with Crippen molar-refractivity contribution in [1.29, 1.82) is 0 Å². The van der Waals surface area contributed by atoms with Crippen LogP contribution in [0.1, 0.15) is 24.5 Å². The lowest BCUT2D eigenvalue weighted by atomic mass is 10.1. The molecule has 3 rings (SSSR count). The van der Waals surface area contributed by atoms with Crippen LogP contribution in [-0.2, 0) is 13.1 Å². The van der Waals surface area contributed by atoms with Gasteiger partial charge in [0.15, 0.2) is 0 Å². The molecule has 1 atom stereocenters. The molecule has 2 N–H and O–H groups in total. The fourth-order valence-electron chi connectivity index (χ4n) is 3.73. The van der Waals surface area contributed by atoms with E-state index < -0.39 is 0 Å². The van der Waals surface area contributed by atoms with E-state index in [0.29, 0.717) is 17.7 Å². The minimum atomic E-state index is 0.115. The van der Waals surface area contributed by atoms with Crippen LogP contribution in [0.15, 0.2) is 42.5 Å². The van der Waals surface area contributed by atoms with Crippen molar-refractivity contribution in [2.24, 2.45) is 0 Å². The number of aliphatic hydroxyl groups is 1. The predicted octanol–water partition coefficient (Wildman–Crippen LogP) is 3.51. The fourth-order valence-corrected chi connectivity index (χ4v) is 3.93. The zero-order chi connectivity index (χ0) is 19.9. The molecule has 0 aliphatic carbocycles. The Morgan fingerprint density at radius 1 is 1.07 bits per heavy atom. The third kappa shape index (κ3) is 5.61. The van der Waals surface area contributed by atoms with Crippen LogP contribution in [0.5, 0.6) is 11.5 Å². The topological polar surface area (TPSA) is 56.2 Å². The number of aromatic hydroxyl groups is 1. The first-order chi connectivity index (χ1) is 13.6. The number of rotatable bonds is 8. The van der Waals surface area contributed by atoms with E-state index in [-0.39, 0.29) is 12.4 Å². The molecule has 1 aliphatic rings. The highest BCUT2D eigenvalue weighted by molar-refractivity contribution is 6.32. The molecule has 5 nitrogen and oxygen atoms in total. The number of hydrogen-bond donors (Lipinski definition) is 2. The van der Waals surface area contributed by atoms with Gasteiger partial charge in [0.1, 0.15) is 11.5 Å². The number of piperazine rings is 1. The number of phenolic OH excluding ortho intramolecular Hbond substituents is 1. The van der Waals surface area contributed by atoms with Gasteiger partial charge in [-0.05, 0) is 48.7 Å². The van der Waals surface area contributed by atoms with Crippen LogP contribution in [-0.4, -0.2) is 58.9 Å². The average molecular weight is 405 g/mol. The minimum Gasteiger partial charge on any atom is -0.506 e. The van der Waals surface area contributed by atoms with E-state index in [1.165, 1.54) is 5.56 Å². The quantitative estimate of drug-likeness (QED) is 0.705. The lowest BCUT2D eigenvalue weighted by molar-refractivity contribution is 0.0499. The minimum absolute atomic E-state index is 0.115. The second kappa shape index (κ2) is 10.1. The van der Waals surface area contributed by atoms with Crippen molar-refractivity contribution < 1.29 is 14.9 Å². The summed E-state index contributed by atoms with van der Waals surface area (Å²) in [4.78, 5) is 4.84. The smallest absolute Gasteiger partial charge is 0.134 e. The predicted molar refractivity (Wildman–Crippen MR) is 112 cm³/mol. The monoisotopic (exact) mass is 404 g/mol. The first-order valence-corrected chi connectivity index (χ1v) is 10.2. The molecule has 2 aromatic rings. The van der Waals surface area contributed by atoms with Gasteiger partial charge in [-0.3, -0.25) is 9.80 Å². The van der Waals surface area contributed by atoms with Gasteiger partial charge >= 0.3 is 0 Å². The van der Waals surface area contributed by atoms with E-state index in [2.05, 4.69) is 21.9 Å². The normalized spacial score (nSPS) is 18.3. The maximum absolute atomic E-state index is 9.60. The van der Waals surface area contributed by atoms with E-state index in [9.17, 15) is 10.2 Å². The van der Waals surface area contributed by atoms with Crippen LogP contribution in [0.3, 0.4) is 0 Å². The van der Waals surface area contributed by atoms with Crippen molar-refractivity contribution in [1.82, 2.24) is 9.80 Å². The van der Waals surface area contributed by atoms with Gasteiger partial charge in [-0.2, -0.15) is 0 Å². The van der Waals surface area contributed by atoms with Crippen molar-refractivity contribution >= 4 is 11.6 Å². The van der Waals surface area contributed by atoms with Crippen molar-refractivity contribution in [2.45, 2.75) is 32.5 Å². The van der Waals surface area contributed by atoms with Crippen molar-refractivity contribution in [3.63, 3.8) is 0 Å². The van der Waals surface area contributed by atoms with Gasteiger partial charge in [-0.15, -0.1) is 0 Å². The maximum atomic E-state index is 9.60. The Balaban J connectivity index is 1.60. The molecular weight excluding hydrogens is 376 g/mol. The van der Waals surface area contributed by atoms with Crippen LogP contribution < -0.4 is 4.74 Å². The Hall–Kier alpha value is -1.79. The molecule has 0 unspecified atom stereocenters. The summed E-state index contributed by atoms with van der Waals surface area (Å²) >= 11 is 6.04. The van der Waals surface area contributed by atoms with Gasteiger partial charge in [-0.25, -0.2) is 0 Å². The molecule has 0 saturated carbocycles. The van der Waals surface area contributed by atoms with Gasteiger partial charge in [-0.1, -0.05) is 29.8 Å². The van der Waals surface area contributed by atoms with E-state index in [1.807, 2.05) is 31.2 Å². The Bertz CT molecular complexity index is 754. The highest BCUT2D eigenvalue weighted by atomic mass is 35.5. The number of halogens is 1. The van der Waals surface area contributed by atoms with Gasteiger partial charge < -0.3 is 14.9 Å². The summed E-state index contributed by atoms with van der Waals surface area (Å²) in [6, 6.07) is 14.0. The van der Waals surface area contributed by atoms with Gasteiger partial charge in [0.25, 0.3) is 0 Å². The van der Waals surface area contributed by atoms with E-state index in [1.54, 1.807) is 6.07 Å². The van der Waals surface area contributed by atoms with Crippen LogP contribution in [0.25, 0.3) is 0 Å². The van der Waals surface area contributed by atoms with Crippen LogP contribution in [0, 0.1) is 0 Å². The van der Waals surface area contributed by atoms with E-state index >= 15 is 0 Å². The van der Waals surface area contributed by atoms with E-state index in [4.69, 9.17) is 16.3 Å². The summed E-state index contributed by atoms with van der Waals surface area (Å²) in [7, 11) is 0. The summed E-state index contributed by atoms with van der Waals surface area (Å²) in [5.41, 5.74) is 2.34. The molecule has 1 fully saturated rings. The molecule has 6 heteroatoms. The second-order valence-electron chi connectivity index (χ2n) is 7.23. The SMILES string of the molecule is CCOc1ccc(CN2CCN(Cc3ccc(O)c(Cl)c3)C[C@H]2CCO)cc1.